The van der Waals surface area contributed by atoms with Crippen LogP contribution in [-0.4, -0.2) is 97.2 Å². The fraction of sp³-hybridized carbons (Fsp3) is 0.591. The third-order valence-corrected chi connectivity index (χ3v) is 5.43. The molecule has 2 saturated heterocycles. The first-order chi connectivity index (χ1) is 15.1. The highest BCUT2D eigenvalue weighted by molar-refractivity contribution is 5.84. The number of nitrogens with zero attached hydrogens (tertiary/aromatic N) is 4. The zero-order valence-corrected chi connectivity index (χ0v) is 19.0. The van der Waals surface area contributed by atoms with Crippen molar-refractivity contribution >= 4 is 23.7 Å². The Balaban J connectivity index is 1.37. The van der Waals surface area contributed by atoms with E-state index in [0.717, 1.165) is 5.69 Å². The molecule has 9 nitrogen and oxygen atoms in total. The van der Waals surface area contributed by atoms with Gasteiger partial charge in [0, 0.05) is 58.0 Å². The second kappa shape index (κ2) is 10.1. The van der Waals surface area contributed by atoms with Gasteiger partial charge in [0.05, 0.1) is 6.54 Å². The minimum atomic E-state index is -0.557. The summed E-state index contributed by atoms with van der Waals surface area (Å²) in [4.78, 5) is 44.1. The number of nitrogens with one attached hydrogen (secondary N) is 1. The van der Waals surface area contributed by atoms with E-state index in [0.29, 0.717) is 52.4 Å². The van der Waals surface area contributed by atoms with Gasteiger partial charge in [0.1, 0.15) is 11.4 Å². The SMILES string of the molecule is CC(C)(C)OC(=O)N1CCN(C(=O)CNC(=O)N2CCN(c3ccc(F)cc3)CC2)CC1. The molecule has 1 aromatic carbocycles. The van der Waals surface area contributed by atoms with Crippen LogP contribution in [0.5, 0.6) is 0 Å². The van der Waals surface area contributed by atoms with Crippen molar-refractivity contribution < 1.29 is 23.5 Å². The van der Waals surface area contributed by atoms with E-state index in [2.05, 4.69) is 10.2 Å². The first-order valence-electron chi connectivity index (χ1n) is 10.9. The summed E-state index contributed by atoms with van der Waals surface area (Å²) in [6.07, 6.45) is -0.377. The number of amides is 4. The first-order valence-corrected chi connectivity index (χ1v) is 10.9. The standard InChI is InChI=1S/C22H32FN5O4/c1-22(2,3)32-21(31)28-14-10-26(11-15-28)19(29)16-24-20(30)27-12-8-25(9-13-27)18-6-4-17(23)5-7-18/h4-7H,8-16H2,1-3H3,(H,24,30). The molecule has 0 bridgehead atoms. The van der Waals surface area contributed by atoms with Crippen molar-refractivity contribution in [3.8, 4) is 0 Å². The Hall–Kier alpha value is -3.04. The van der Waals surface area contributed by atoms with E-state index in [1.165, 1.54) is 12.1 Å². The summed E-state index contributed by atoms with van der Waals surface area (Å²) in [5.74, 6) is -0.449. The van der Waals surface area contributed by atoms with Gasteiger partial charge in [-0.1, -0.05) is 0 Å². The summed E-state index contributed by atoms with van der Waals surface area (Å²) < 4.78 is 18.4. The van der Waals surface area contributed by atoms with Crippen molar-refractivity contribution in [2.75, 3.05) is 63.8 Å². The van der Waals surface area contributed by atoms with Crippen molar-refractivity contribution in [1.29, 1.82) is 0 Å². The van der Waals surface area contributed by atoms with Crippen LogP contribution in [0.15, 0.2) is 24.3 Å². The lowest BCUT2D eigenvalue weighted by molar-refractivity contribution is -0.131. The van der Waals surface area contributed by atoms with Crippen LogP contribution in [0.2, 0.25) is 0 Å². The Morgan fingerprint density at radius 3 is 1.97 bits per heavy atom. The second-order valence-electron chi connectivity index (χ2n) is 8.96. The molecule has 1 aromatic rings. The molecule has 0 atom stereocenters. The average Bonchev–Trinajstić information content (AvgIpc) is 2.77. The Morgan fingerprint density at radius 2 is 1.41 bits per heavy atom. The van der Waals surface area contributed by atoms with E-state index in [9.17, 15) is 18.8 Å². The maximum absolute atomic E-state index is 13.1. The van der Waals surface area contributed by atoms with E-state index in [1.54, 1.807) is 26.8 Å². The Kier molecular flexibility index (Phi) is 7.42. The lowest BCUT2D eigenvalue weighted by atomic mass is 10.2. The largest absolute Gasteiger partial charge is 0.444 e. The number of hydrogen-bond donors (Lipinski definition) is 1. The van der Waals surface area contributed by atoms with Gasteiger partial charge in [0.25, 0.3) is 0 Å². The number of hydrogen-bond acceptors (Lipinski definition) is 5. The number of piperazine rings is 2. The number of carbonyl (C=O) groups is 3. The summed E-state index contributed by atoms with van der Waals surface area (Å²) >= 11 is 0. The fourth-order valence-corrected chi connectivity index (χ4v) is 3.66. The third kappa shape index (κ3) is 6.48. The van der Waals surface area contributed by atoms with Crippen LogP contribution in [0.1, 0.15) is 20.8 Å². The number of halogens is 1. The zero-order valence-electron chi connectivity index (χ0n) is 19.0. The molecule has 2 aliphatic rings. The minimum absolute atomic E-state index is 0.0799. The summed E-state index contributed by atoms with van der Waals surface area (Å²) in [6.45, 7) is 9.30. The maximum atomic E-state index is 13.1. The van der Waals surface area contributed by atoms with Crippen LogP contribution in [0.3, 0.4) is 0 Å². The highest BCUT2D eigenvalue weighted by Crippen LogP contribution is 2.17. The molecule has 2 aliphatic heterocycles. The second-order valence-corrected chi connectivity index (χ2v) is 8.96. The van der Waals surface area contributed by atoms with Crippen LogP contribution < -0.4 is 10.2 Å². The fourth-order valence-electron chi connectivity index (χ4n) is 3.66. The van der Waals surface area contributed by atoms with Crippen molar-refractivity contribution in [3.63, 3.8) is 0 Å². The Bertz CT molecular complexity index is 811. The highest BCUT2D eigenvalue weighted by Gasteiger charge is 2.28. The maximum Gasteiger partial charge on any atom is 0.410 e. The molecule has 0 radical (unpaired) electrons. The van der Waals surface area contributed by atoms with Gasteiger partial charge < -0.3 is 29.7 Å². The lowest BCUT2D eigenvalue weighted by Crippen LogP contribution is -2.55. The number of urea groups is 1. The van der Waals surface area contributed by atoms with Crippen molar-refractivity contribution in [2.24, 2.45) is 0 Å². The van der Waals surface area contributed by atoms with Crippen molar-refractivity contribution in [3.05, 3.63) is 30.1 Å². The molecule has 0 aliphatic carbocycles. The smallest absolute Gasteiger partial charge is 0.410 e. The molecule has 32 heavy (non-hydrogen) atoms. The minimum Gasteiger partial charge on any atom is -0.444 e. The summed E-state index contributed by atoms with van der Waals surface area (Å²) in [6, 6.07) is 6.03. The normalized spacial score (nSPS) is 17.2. The quantitative estimate of drug-likeness (QED) is 0.760. The van der Waals surface area contributed by atoms with Gasteiger partial charge in [-0.15, -0.1) is 0 Å². The number of rotatable bonds is 3. The zero-order chi connectivity index (χ0) is 23.3. The average molecular weight is 450 g/mol. The van der Waals surface area contributed by atoms with Crippen LogP contribution >= 0.6 is 0 Å². The molecule has 4 amide bonds. The van der Waals surface area contributed by atoms with Crippen LogP contribution in [0.25, 0.3) is 0 Å². The number of carbonyl (C=O) groups excluding carboxylic acids is 3. The van der Waals surface area contributed by atoms with Gasteiger partial charge in [-0.25, -0.2) is 14.0 Å². The molecule has 3 rings (SSSR count). The van der Waals surface area contributed by atoms with Crippen molar-refractivity contribution in [2.45, 2.75) is 26.4 Å². The predicted octanol–water partition coefficient (Wildman–Crippen LogP) is 1.74. The first kappa shape index (κ1) is 23.6. The number of anilines is 1. The van der Waals surface area contributed by atoms with E-state index in [1.807, 2.05) is 20.8 Å². The van der Waals surface area contributed by atoms with E-state index < -0.39 is 5.60 Å². The molecular formula is C22H32FN5O4. The molecule has 0 aromatic heterocycles. The lowest BCUT2D eigenvalue weighted by Gasteiger charge is -2.37. The highest BCUT2D eigenvalue weighted by atomic mass is 19.1. The topological polar surface area (TPSA) is 85.4 Å². The molecule has 0 saturated carbocycles. The van der Waals surface area contributed by atoms with Crippen molar-refractivity contribution in [1.82, 2.24) is 20.0 Å². The van der Waals surface area contributed by atoms with E-state index in [4.69, 9.17) is 4.74 Å². The van der Waals surface area contributed by atoms with Crippen LogP contribution in [0, 0.1) is 5.82 Å². The predicted molar refractivity (Wildman–Crippen MR) is 118 cm³/mol. The van der Waals surface area contributed by atoms with Gasteiger partial charge >= 0.3 is 12.1 Å². The molecule has 10 heteroatoms. The summed E-state index contributed by atoms with van der Waals surface area (Å²) in [5, 5.41) is 2.70. The van der Waals surface area contributed by atoms with Gasteiger partial charge in [0.15, 0.2) is 0 Å². The molecule has 0 spiro atoms. The Labute approximate surface area is 188 Å². The van der Waals surface area contributed by atoms with Crippen LogP contribution in [-0.2, 0) is 9.53 Å². The molecule has 2 fully saturated rings. The molecule has 0 unspecified atom stereocenters. The van der Waals surface area contributed by atoms with E-state index in [-0.39, 0.29) is 30.4 Å². The monoisotopic (exact) mass is 449 g/mol. The van der Waals surface area contributed by atoms with Gasteiger partial charge in [-0.3, -0.25) is 4.79 Å². The molecule has 176 valence electrons. The van der Waals surface area contributed by atoms with Crippen LogP contribution in [0.4, 0.5) is 19.7 Å². The van der Waals surface area contributed by atoms with Gasteiger partial charge in [-0.2, -0.15) is 0 Å². The molecule has 2 heterocycles. The summed E-state index contributed by atoms with van der Waals surface area (Å²) in [7, 11) is 0. The number of benzene rings is 1. The molecular weight excluding hydrogens is 417 g/mol. The Morgan fingerprint density at radius 1 is 0.875 bits per heavy atom. The molecule has 1 N–H and O–H groups in total. The summed E-state index contributed by atoms with van der Waals surface area (Å²) in [5.41, 5.74) is 0.367. The number of ether oxygens (including phenoxy) is 1. The van der Waals surface area contributed by atoms with Gasteiger partial charge in [0.2, 0.25) is 5.91 Å². The van der Waals surface area contributed by atoms with E-state index >= 15 is 0 Å². The third-order valence-electron chi connectivity index (χ3n) is 5.43. The van der Waals surface area contributed by atoms with Gasteiger partial charge in [-0.05, 0) is 45.0 Å².